The Bertz CT molecular complexity index is 602. The minimum atomic E-state index is -0.446. The second-order valence-corrected chi connectivity index (χ2v) is 5.38. The molecule has 0 radical (unpaired) electrons. The number of nitrogens with zero attached hydrogens (tertiary/aromatic N) is 2. The zero-order valence-corrected chi connectivity index (χ0v) is 12.2. The summed E-state index contributed by atoms with van der Waals surface area (Å²) >= 11 is 5.91. The van der Waals surface area contributed by atoms with Crippen LogP contribution in [0.15, 0.2) is 30.5 Å². The lowest BCUT2D eigenvalue weighted by Gasteiger charge is -2.05. The maximum absolute atomic E-state index is 13.6. The Kier molecular flexibility index (Phi) is 4.55. The first kappa shape index (κ1) is 14.7. The number of aromatic nitrogens is 2. The third kappa shape index (κ3) is 3.45. The predicted octanol–water partition coefficient (Wildman–Crippen LogP) is 3.61. The van der Waals surface area contributed by atoms with Crippen LogP contribution in [0.1, 0.15) is 31.1 Å². The predicted molar refractivity (Wildman–Crippen MR) is 76.4 cm³/mol. The molecular weight excluding hydrogens is 279 g/mol. The third-order valence-corrected chi connectivity index (χ3v) is 3.36. The van der Waals surface area contributed by atoms with Gasteiger partial charge in [0.1, 0.15) is 11.6 Å². The Morgan fingerprint density at radius 1 is 1.35 bits per heavy atom. The molecule has 0 N–H and O–H groups in total. The van der Waals surface area contributed by atoms with Crippen molar-refractivity contribution in [2.24, 2.45) is 0 Å². The van der Waals surface area contributed by atoms with Gasteiger partial charge in [-0.25, -0.2) is 4.39 Å². The molecule has 0 unspecified atom stereocenters. The zero-order valence-electron chi connectivity index (χ0n) is 11.4. The standard InChI is InChI=1S/C15H16ClFN2O/c1-10(2)19-7-6-11(18-19)8-12(20)9-13-14(16)4-3-5-15(13)17/h3-7,10H,8-9H2,1-2H3. The van der Waals surface area contributed by atoms with Gasteiger partial charge in [-0.05, 0) is 32.0 Å². The van der Waals surface area contributed by atoms with Crippen molar-refractivity contribution in [3.63, 3.8) is 0 Å². The van der Waals surface area contributed by atoms with Crippen LogP contribution in [0.25, 0.3) is 0 Å². The maximum Gasteiger partial charge on any atom is 0.143 e. The first-order valence-corrected chi connectivity index (χ1v) is 6.83. The smallest absolute Gasteiger partial charge is 0.143 e. The van der Waals surface area contributed by atoms with Gasteiger partial charge in [-0.3, -0.25) is 9.48 Å². The molecule has 0 saturated heterocycles. The number of benzene rings is 1. The van der Waals surface area contributed by atoms with Crippen LogP contribution in [-0.4, -0.2) is 15.6 Å². The molecule has 0 amide bonds. The Morgan fingerprint density at radius 2 is 2.10 bits per heavy atom. The second-order valence-electron chi connectivity index (χ2n) is 4.97. The monoisotopic (exact) mass is 294 g/mol. The number of ketones is 1. The summed E-state index contributed by atoms with van der Waals surface area (Å²) in [5.41, 5.74) is 0.943. The van der Waals surface area contributed by atoms with Gasteiger partial charge in [-0.2, -0.15) is 5.10 Å². The summed E-state index contributed by atoms with van der Waals surface area (Å²) in [6, 6.07) is 6.47. The number of halogens is 2. The van der Waals surface area contributed by atoms with Crippen LogP contribution in [-0.2, 0) is 17.6 Å². The Morgan fingerprint density at radius 3 is 2.70 bits per heavy atom. The van der Waals surface area contributed by atoms with E-state index < -0.39 is 5.82 Å². The number of Topliss-reactive ketones (excluding diaryl/α,β-unsaturated/α-hetero) is 1. The van der Waals surface area contributed by atoms with Gasteiger partial charge in [0.15, 0.2) is 0 Å². The molecule has 2 aromatic rings. The first-order chi connectivity index (χ1) is 9.47. The largest absolute Gasteiger partial charge is 0.299 e. The van der Waals surface area contributed by atoms with Crippen LogP contribution in [0.2, 0.25) is 5.02 Å². The summed E-state index contributed by atoms with van der Waals surface area (Å²) in [6.45, 7) is 4.02. The van der Waals surface area contributed by atoms with Gasteiger partial charge in [-0.15, -0.1) is 0 Å². The fourth-order valence-corrected chi connectivity index (χ4v) is 2.15. The van der Waals surface area contributed by atoms with E-state index in [4.69, 9.17) is 11.6 Å². The van der Waals surface area contributed by atoms with Gasteiger partial charge < -0.3 is 0 Å². The van der Waals surface area contributed by atoms with Crippen molar-refractivity contribution in [2.75, 3.05) is 0 Å². The van der Waals surface area contributed by atoms with Crippen molar-refractivity contribution >= 4 is 17.4 Å². The summed E-state index contributed by atoms with van der Waals surface area (Å²) in [6.07, 6.45) is 2.01. The van der Waals surface area contributed by atoms with E-state index in [1.165, 1.54) is 12.1 Å². The summed E-state index contributed by atoms with van der Waals surface area (Å²) in [5, 5.41) is 4.59. The number of rotatable bonds is 5. The van der Waals surface area contributed by atoms with E-state index in [0.29, 0.717) is 5.69 Å². The van der Waals surface area contributed by atoms with E-state index in [1.807, 2.05) is 20.0 Å². The molecule has 0 atom stereocenters. The van der Waals surface area contributed by atoms with E-state index in [1.54, 1.807) is 16.8 Å². The second kappa shape index (κ2) is 6.18. The fraction of sp³-hybridized carbons (Fsp3) is 0.333. The highest BCUT2D eigenvalue weighted by Crippen LogP contribution is 2.20. The Balaban J connectivity index is 2.05. The maximum atomic E-state index is 13.6. The molecule has 1 heterocycles. The molecule has 0 saturated carbocycles. The fourth-order valence-electron chi connectivity index (χ4n) is 1.92. The number of hydrogen-bond acceptors (Lipinski definition) is 2. The molecule has 1 aromatic heterocycles. The van der Waals surface area contributed by atoms with Crippen LogP contribution < -0.4 is 0 Å². The van der Waals surface area contributed by atoms with Crippen molar-refractivity contribution < 1.29 is 9.18 Å². The van der Waals surface area contributed by atoms with Crippen LogP contribution in [0.3, 0.4) is 0 Å². The first-order valence-electron chi connectivity index (χ1n) is 6.46. The minimum absolute atomic E-state index is 0.0138. The lowest BCUT2D eigenvalue weighted by atomic mass is 10.1. The van der Waals surface area contributed by atoms with Gasteiger partial charge in [0.05, 0.1) is 12.1 Å². The molecular formula is C15H16ClFN2O. The van der Waals surface area contributed by atoms with Crippen LogP contribution in [0, 0.1) is 5.82 Å². The highest BCUT2D eigenvalue weighted by molar-refractivity contribution is 6.31. The lowest BCUT2D eigenvalue weighted by Crippen LogP contribution is -2.10. The van der Waals surface area contributed by atoms with Gasteiger partial charge in [-0.1, -0.05) is 17.7 Å². The van der Waals surface area contributed by atoms with Crippen LogP contribution >= 0.6 is 11.6 Å². The highest BCUT2D eigenvalue weighted by atomic mass is 35.5. The van der Waals surface area contributed by atoms with E-state index in [-0.39, 0.29) is 35.3 Å². The lowest BCUT2D eigenvalue weighted by molar-refractivity contribution is -0.117. The van der Waals surface area contributed by atoms with E-state index in [9.17, 15) is 9.18 Å². The van der Waals surface area contributed by atoms with Crippen molar-refractivity contribution in [3.05, 3.63) is 52.6 Å². The molecule has 0 aliphatic rings. The van der Waals surface area contributed by atoms with Crippen LogP contribution in [0.5, 0.6) is 0 Å². The molecule has 0 aliphatic carbocycles. The van der Waals surface area contributed by atoms with Crippen molar-refractivity contribution in [1.82, 2.24) is 9.78 Å². The van der Waals surface area contributed by atoms with Crippen molar-refractivity contribution in [2.45, 2.75) is 32.7 Å². The van der Waals surface area contributed by atoms with Gasteiger partial charge in [0, 0.05) is 29.2 Å². The molecule has 3 nitrogen and oxygen atoms in total. The molecule has 2 rings (SSSR count). The number of carbonyl (C=O) groups excluding carboxylic acids is 1. The molecule has 5 heteroatoms. The van der Waals surface area contributed by atoms with E-state index in [0.717, 1.165) is 0 Å². The normalized spacial score (nSPS) is 11.1. The Labute approximate surface area is 122 Å². The quantitative estimate of drug-likeness (QED) is 0.844. The minimum Gasteiger partial charge on any atom is -0.299 e. The van der Waals surface area contributed by atoms with Crippen LogP contribution in [0.4, 0.5) is 4.39 Å². The average molecular weight is 295 g/mol. The number of carbonyl (C=O) groups is 1. The molecule has 1 aromatic carbocycles. The molecule has 0 fully saturated rings. The molecule has 0 bridgehead atoms. The van der Waals surface area contributed by atoms with Gasteiger partial charge in [0.2, 0.25) is 0 Å². The zero-order chi connectivity index (χ0) is 14.7. The van der Waals surface area contributed by atoms with E-state index in [2.05, 4.69) is 5.10 Å². The molecule has 0 spiro atoms. The average Bonchev–Trinajstić information content (AvgIpc) is 2.82. The number of hydrogen-bond donors (Lipinski definition) is 0. The van der Waals surface area contributed by atoms with Crippen molar-refractivity contribution in [3.8, 4) is 0 Å². The summed E-state index contributed by atoms with van der Waals surface area (Å²) in [4.78, 5) is 12.0. The molecule has 20 heavy (non-hydrogen) atoms. The third-order valence-electron chi connectivity index (χ3n) is 3.01. The highest BCUT2D eigenvalue weighted by Gasteiger charge is 2.13. The molecule has 0 aliphatic heterocycles. The van der Waals surface area contributed by atoms with E-state index >= 15 is 0 Å². The summed E-state index contributed by atoms with van der Waals surface area (Å²) in [7, 11) is 0. The SMILES string of the molecule is CC(C)n1ccc(CC(=O)Cc2c(F)cccc2Cl)n1. The summed E-state index contributed by atoms with van der Waals surface area (Å²) < 4.78 is 15.4. The Hall–Kier alpha value is -1.68. The van der Waals surface area contributed by atoms with Gasteiger partial charge in [0.25, 0.3) is 0 Å². The topological polar surface area (TPSA) is 34.9 Å². The van der Waals surface area contributed by atoms with Gasteiger partial charge >= 0.3 is 0 Å². The molecule has 106 valence electrons. The summed E-state index contributed by atoms with van der Waals surface area (Å²) in [5.74, 6) is -0.551. The van der Waals surface area contributed by atoms with Crippen molar-refractivity contribution in [1.29, 1.82) is 0 Å².